The molecule has 1 radical (unpaired) electrons. The van der Waals surface area contributed by atoms with Crippen LogP contribution in [0.2, 0.25) is 0 Å². The Morgan fingerprint density at radius 3 is 2.62 bits per heavy atom. The van der Waals surface area contributed by atoms with Crippen molar-refractivity contribution in [3.05, 3.63) is 58.5 Å². The lowest BCUT2D eigenvalue weighted by Gasteiger charge is -2.03. The van der Waals surface area contributed by atoms with Crippen molar-refractivity contribution >= 4 is 11.4 Å². The van der Waals surface area contributed by atoms with Crippen LogP contribution in [0.1, 0.15) is 5.76 Å². The van der Waals surface area contributed by atoms with Gasteiger partial charge in [-0.05, 0) is 24.3 Å². The summed E-state index contributed by atoms with van der Waals surface area (Å²) < 4.78 is 5.02. The van der Waals surface area contributed by atoms with Crippen molar-refractivity contribution in [2.24, 2.45) is 0 Å². The van der Waals surface area contributed by atoms with E-state index in [4.69, 9.17) is 4.42 Å². The number of nitrogens with one attached hydrogen (secondary N) is 1. The van der Waals surface area contributed by atoms with E-state index in [1.807, 2.05) is 0 Å². The van der Waals surface area contributed by atoms with E-state index in [0.717, 1.165) is 11.4 Å². The molecule has 5 heteroatoms. The van der Waals surface area contributed by atoms with Crippen molar-refractivity contribution in [1.29, 1.82) is 0 Å². The molecule has 2 rings (SSSR count). The average molecular weight is 217 g/mol. The molecule has 0 atom stereocenters. The third kappa shape index (κ3) is 2.38. The number of nitro groups is 1. The number of hydrogen-bond donors (Lipinski definition) is 1. The maximum absolute atomic E-state index is 10.4. The molecule has 1 heterocycles. The van der Waals surface area contributed by atoms with Crippen LogP contribution in [-0.2, 0) is 6.54 Å². The van der Waals surface area contributed by atoms with Crippen LogP contribution in [0.15, 0.2) is 40.8 Å². The van der Waals surface area contributed by atoms with E-state index in [1.54, 1.807) is 24.3 Å². The Morgan fingerprint density at radius 2 is 2.06 bits per heavy atom. The zero-order valence-electron chi connectivity index (χ0n) is 8.34. The Labute approximate surface area is 91.9 Å². The Balaban J connectivity index is 1.98. The molecule has 0 saturated heterocycles. The predicted octanol–water partition coefficient (Wildman–Crippen LogP) is 2.60. The second kappa shape index (κ2) is 4.48. The first-order valence-electron chi connectivity index (χ1n) is 4.69. The highest BCUT2D eigenvalue weighted by atomic mass is 16.6. The van der Waals surface area contributed by atoms with E-state index >= 15 is 0 Å². The van der Waals surface area contributed by atoms with Gasteiger partial charge in [0.15, 0.2) is 6.26 Å². The molecule has 0 aliphatic rings. The summed E-state index contributed by atoms with van der Waals surface area (Å²) in [6, 6.07) is 9.72. The minimum Gasteiger partial charge on any atom is -0.456 e. The van der Waals surface area contributed by atoms with Gasteiger partial charge in [-0.15, -0.1) is 0 Å². The maximum Gasteiger partial charge on any atom is 0.269 e. The van der Waals surface area contributed by atoms with Crippen LogP contribution in [0, 0.1) is 16.4 Å². The van der Waals surface area contributed by atoms with Gasteiger partial charge in [-0.3, -0.25) is 10.1 Å². The average Bonchev–Trinajstić information content (AvgIpc) is 2.80. The highest BCUT2D eigenvalue weighted by molar-refractivity contribution is 5.48. The van der Waals surface area contributed by atoms with Gasteiger partial charge in [-0.25, -0.2) is 0 Å². The van der Waals surface area contributed by atoms with Crippen LogP contribution in [-0.4, -0.2) is 4.92 Å². The fraction of sp³-hybridized carbons (Fsp3) is 0.0909. The normalized spacial score (nSPS) is 10.0. The van der Waals surface area contributed by atoms with E-state index in [9.17, 15) is 10.1 Å². The van der Waals surface area contributed by atoms with Crippen LogP contribution in [0.3, 0.4) is 0 Å². The Morgan fingerprint density at radius 1 is 1.31 bits per heavy atom. The Bertz CT molecular complexity index is 462. The third-order valence-electron chi connectivity index (χ3n) is 2.07. The lowest BCUT2D eigenvalue weighted by molar-refractivity contribution is -0.384. The van der Waals surface area contributed by atoms with Gasteiger partial charge >= 0.3 is 0 Å². The molecule has 0 fully saturated rings. The molecule has 1 aromatic heterocycles. The molecule has 0 amide bonds. The molecular formula is C11H9N2O3. The fourth-order valence-electron chi connectivity index (χ4n) is 1.26. The van der Waals surface area contributed by atoms with Crippen molar-refractivity contribution in [2.75, 3.05) is 5.32 Å². The van der Waals surface area contributed by atoms with Gasteiger partial charge in [0, 0.05) is 17.8 Å². The molecule has 1 N–H and O–H groups in total. The molecule has 16 heavy (non-hydrogen) atoms. The standard InChI is InChI=1S/C11H9N2O3/c14-13(15)10-5-3-9(4-6-10)12-8-11-2-1-7-16-11/h1-6,12H,8H2. The van der Waals surface area contributed by atoms with Gasteiger partial charge in [0.1, 0.15) is 5.76 Å². The molecule has 0 aliphatic heterocycles. The fourth-order valence-corrected chi connectivity index (χ4v) is 1.26. The van der Waals surface area contributed by atoms with Crippen LogP contribution in [0.4, 0.5) is 11.4 Å². The van der Waals surface area contributed by atoms with Gasteiger partial charge in [-0.2, -0.15) is 0 Å². The van der Waals surface area contributed by atoms with Crippen molar-refractivity contribution < 1.29 is 9.34 Å². The first-order chi connectivity index (χ1) is 7.75. The first kappa shape index (κ1) is 10.2. The number of nitro benzene ring substituents is 1. The van der Waals surface area contributed by atoms with Crippen molar-refractivity contribution in [2.45, 2.75) is 6.54 Å². The van der Waals surface area contributed by atoms with Crippen LogP contribution in [0.25, 0.3) is 0 Å². The molecule has 0 unspecified atom stereocenters. The van der Waals surface area contributed by atoms with E-state index in [1.165, 1.54) is 12.1 Å². The van der Waals surface area contributed by atoms with Gasteiger partial charge in [0.05, 0.1) is 11.5 Å². The topological polar surface area (TPSA) is 68.3 Å². The smallest absolute Gasteiger partial charge is 0.269 e. The minimum atomic E-state index is -0.425. The van der Waals surface area contributed by atoms with Crippen molar-refractivity contribution in [3.63, 3.8) is 0 Å². The highest BCUT2D eigenvalue weighted by Crippen LogP contribution is 2.16. The number of benzene rings is 1. The molecule has 81 valence electrons. The van der Waals surface area contributed by atoms with Crippen LogP contribution in [0.5, 0.6) is 0 Å². The quantitative estimate of drug-likeness (QED) is 0.631. The Kier molecular flexibility index (Phi) is 2.86. The second-order valence-electron chi connectivity index (χ2n) is 3.18. The second-order valence-corrected chi connectivity index (χ2v) is 3.18. The largest absolute Gasteiger partial charge is 0.456 e. The van der Waals surface area contributed by atoms with E-state index < -0.39 is 4.92 Å². The van der Waals surface area contributed by atoms with E-state index in [0.29, 0.717) is 6.54 Å². The number of nitrogens with zero attached hydrogens (tertiary/aromatic N) is 1. The Hall–Kier alpha value is -2.30. The summed E-state index contributed by atoms with van der Waals surface area (Å²) in [5.74, 6) is 0.762. The van der Waals surface area contributed by atoms with E-state index in [-0.39, 0.29) is 5.69 Å². The molecule has 0 saturated carbocycles. The van der Waals surface area contributed by atoms with Crippen molar-refractivity contribution in [3.8, 4) is 0 Å². The molecule has 5 nitrogen and oxygen atoms in total. The van der Waals surface area contributed by atoms with Gasteiger partial charge in [0.25, 0.3) is 5.69 Å². The number of hydrogen-bond acceptors (Lipinski definition) is 4. The SMILES string of the molecule is O=[N+]([O-])c1ccc(NCc2cc[c]o2)cc1. The molecule has 0 spiro atoms. The summed E-state index contributed by atoms with van der Waals surface area (Å²) in [4.78, 5) is 10.00. The van der Waals surface area contributed by atoms with Crippen LogP contribution >= 0.6 is 0 Å². The lowest BCUT2D eigenvalue weighted by atomic mass is 10.3. The van der Waals surface area contributed by atoms with E-state index in [2.05, 4.69) is 11.6 Å². The molecule has 1 aromatic carbocycles. The summed E-state index contributed by atoms with van der Waals surface area (Å²) in [5.41, 5.74) is 0.888. The molecule has 2 aromatic rings. The molecule has 0 bridgehead atoms. The van der Waals surface area contributed by atoms with Gasteiger partial charge < -0.3 is 9.73 Å². The summed E-state index contributed by atoms with van der Waals surface area (Å²) in [6.07, 6.45) is 2.59. The van der Waals surface area contributed by atoms with Crippen LogP contribution < -0.4 is 5.32 Å². The maximum atomic E-state index is 10.4. The molecular weight excluding hydrogens is 208 g/mol. The van der Waals surface area contributed by atoms with Gasteiger partial charge in [-0.1, -0.05) is 0 Å². The minimum absolute atomic E-state index is 0.0804. The van der Waals surface area contributed by atoms with Gasteiger partial charge in [0.2, 0.25) is 0 Å². The molecule has 0 aliphatic carbocycles. The number of non-ortho nitro benzene ring substituents is 1. The monoisotopic (exact) mass is 217 g/mol. The van der Waals surface area contributed by atoms with Crippen molar-refractivity contribution in [1.82, 2.24) is 0 Å². The zero-order chi connectivity index (χ0) is 11.4. The summed E-state index contributed by atoms with van der Waals surface area (Å²) >= 11 is 0. The summed E-state index contributed by atoms with van der Waals surface area (Å²) in [6.45, 7) is 0.529. The summed E-state index contributed by atoms with van der Waals surface area (Å²) in [5, 5.41) is 13.5. The predicted molar refractivity (Wildman–Crippen MR) is 58.0 cm³/mol. The number of rotatable bonds is 4. The zero-order valence-corrected chi connectivity index (χ0v) is 8.34. The highest BCUT2D eigenvalue weighted by Gasteiger charge is 2.03. The summed E-state index contributed by atoms with van der Waals surface area (Å²) in [7, 11) is 0. The number of furan rings is 1. The lowest BCUT2D eigenvalue weighted by Crippen LogP contribution is -1.98. The third-order valence-corrected chi connectivity index (χ3v) is 2.07. The number of anilines is 1. The first-order valence-corrected chi connectivity index (χ1v) is 4.69.